The van der Waals surface area contributed by atoms with Crippen molar-refractivity contribution >= 4 is 11.8 Å². The molecule has 0 radical (unpaired) electrons. The molecule has 1 N–H and O–H groups in total. The van der Waals surface area contributed by atoms with E-state index >= 15 is 0 Å². The summed E-state index contributed by atoms with van der Waals surface area (Å²) in [7, 11) is 2.73. The van der Waals surface area contributed by atoms with Crippen molar-refractivity contribution in [1.82, 2.24) is 0 Å². The van der Waals surface area contributed by atoms with E-state index in [0.29, 0.717) is 23.5 Å². The first-order valence-corrected chi connectivity index (χ1v) is 10.4. The van der Waals surface area contributed by atoms with E-state index in [1.165, 1.54) is 14.2 Å². The first kappa shape index (κ1) is 25.6. The fourth-order valence-corrected chi connectivity index (χ4v) is 3.08. The van der Waals surface area contributed by atoms with E-state index in [0.717, 1.165) is 0 Å². The van der Waals surface area contributed by atoms with Crippen LogP contribution in [0.3, 0.4) is 0 Å². The highest BCUT2D eigenvalue weighted by atomic mass is 16.5. The maximum Gasteiger partial charge on any atom is 0.341 e. The number of hydrogen-bond donors (Lipinski definition) is 1. The second-order valence-corrected chi connectivity index (χ2v) is 8.50. The molecule has 33 heavy (non-hydrogen) atoms. The third-order valence-electron chi connectivity index (χ3n) is 4.69. The fourth-order valence-electron chi connectivity index (χ4n) is 3.08. The number of methoxy groups -OCH3 is 2. The van der Waals surface area contributed by atoms with Crippen molar-refractivity contribution in [3.63, 3.8) is 0 Å². The van der Waals surface area contributed by atoms with Crippen molar-refractivity contribution in [3.05, 3.63) is 47.0 Å². The van der Waals surface area contributed by atoms with E-state index < -0.39 is 5.97 Å². The number of phenols is 1. The molecule has 0 aliphatic rings. The van der Waals surface area contributed by atoms with E-state index in [9.17, 15) is 14.7 Å². The zero-order valence-electron chi connectivity index (χ0n) is 19.9. The summed E-state index contributed by atoms with van der Waals surface area (Å²) in [6, 6.07) is 8.13. The van der Waals surface area contributed by atoms with Gasteiger partial charge in [-0.1, -0.05) is 38.7 Å². The quantitative estimate of drug-likeness (QED) is 0.355. The molecular weight excluding hydrogens is 424 g/mol. The Bertz CT molecular complexity index is 1070. The number of carbonyl (C=O) groups is 2. The first-order valence-electron chi connectivity index (χ1n) is 10.4. The molecule has 0 saturated heterocycles. The molecule has 0 amide bonds. The van der Waals surface area contributed by atoms with Gasteiger partial charge in [0.25, 0.3) is 0 Å². The maximum absolute atomic E-state index is 12.4. The summed E-state index contributed by atoms with van der Waals surface area (Å²) in [5.41, 5.74) is 0.859. The van der Waals surface area contributed by atoms with Gasteiger partial charge in [-0.15, -0.1) is 0 Å². The van der Waals surface area contributed by atoms with Crippen molar-refractivity contribution in [2.45, 2.75) is 34.1 Å². The largest absolute Gasteiger partial charge is 0.507 e. The van der Waals surface area contributed by atoms with Crippen molar-refractivity contribution in [3.8, 4) is 34.8 Å². The normalized spacial score (nSPS) is 10.6. The summed E-state index contributed by atoms with van der Waals surface area (Å²) in [5.74, 6) is 6.02. The van der Waals surface area contributed by atoms with Crippen molar-refractivity contribution < 1.29 is 33.6 Å². The number of rotatable bonds is 8. The lowest BCUT2D eigenvalue weighted by atomic mass is 9.87. The highest BCUT2D eigenvalue weighted by molar-refractivity contribution is 5.99. The number of para-hydroxylation sites is 1. The Kier molecular flexibility index (Phi) is 8.75. The predicted molar refractivity (Wildman–Crippen MR) is 124 cm³/mol. The molecule has 2 rings (SSSR count). The molecule has 7 nitrogen and oxygen atoms in total. The molecule has 0 fully saturated rings. The van der Waals surface area contributed by atoms with Crippen LogP contribution < -0.4 is 14.2 Å². The van der Waals surface area contributed by atoms with Crippen LogP contribution in [0.5, 0.6) is 23.0 Å². The molecule has 0 unspecified atom stereocenters. The average Bonchev–Trinajstić information content (AvgIpc) is 2.76. The molecule has 0 heterocycles. The monoisotopic (exact) mass is 454 g/mol. The van der Waals surface area contributed by atoms with Crippen molar-refractivity contribution in [1.29, 1.82) is 0 Å². The van der Waals surface area contributed by atoms with Crippen LogP contribution in [0.25, 0.3) is 0 Å². The maximum atomic E-state index is 12.4. The van der Waals surface area contributed by atoms with Gasteiger partial charge in [-0.25, -0.2) is 4.79 Å². The summed E-state index contributed by atoms with van der Waals surface area (Å²) in [5, 5.41) is 10.4. The lowest BCUT2D eigenvalue weighted by molar-refractivity contribution is 0.0596. The Morgan fingerprint density at radius 3 is 2.15 bits per heavy atom. The molecule has 0 aromatic heterocycles. The van der Waals surface area contributed by atoms with Gasteiger partial charge in [0.05, 0.1) is 19.8 Å². The Hall–Kier alpha value is -3.66. The van der Waals surface area contributed by atoms with Gasteiger partial charge in [0.1, 0.15) is 30.3 Å². The van der Waals surface area contributed by atoms with Crippen LogP contribution in [-0.2, 0) is 4.74 Å². The van der Waals surface area contributed by atoms with Crippen LogP contribution in [0.4, 0.5) is 0 Å². The molecule has 0 aliphatic heterocycles. The number of Topliss-reactive ketones (excluding diaryl/α,β-unsaturated/α-hetero) is 1. The van der Waals surface area contributed by atoms with Crippen molar-refractivity contribution in [2.24, 2.45) is 5.41 Å². The lowest BCUT2D eigenvalue weighted by Gasteiger charge is -2.18. The SMILES string of the molecule is COC(=O)c1cccc(OCC#CCOc2ccc(C(=O)CC(C)(C)C)c(O)c2C)c1OC. The smallest absolute Gasteiger partial charge is 0.341 e. The predicted octanol–water partition coefficient (Wildman–Crippen LogP) is 4.58. The molecule has 0 aliphatic carbocycles. The van der Waals surface area contributed by atoms with Gasteiger partial charge in [-0.3, -0.25) is 4.79 Å². The number of benzene rings is 2. The van der Waals surface area contributed by atoms with Crippen LogP contribution in [0, 0.1) is 24.2 Å². The van der Waals surface area contributed by atoms with E-state index in [1.807, 2.05) is 20.8 Å². The van der Waals surface area contributed by atoms with Gasteiger partial charge in [-0.2, -0.15) is 0 Å². The summed E-state index contributed by atoms with van der Waals surface area (Å²) in [6.07, 6.45) is 0.332. The summed E-state index contributed by atoms with van der Waals surface area (Å²) in [6.45, 7) is 7.73. The van der Waals surface area contributed by atoms with E-state index in [-0.39, 0.29) is 47.0 Å². The number of hydrogen-bond acceptors (Lipinski definition) is 7. The minimum atomic E-state index is -0.526. The molecule has 2 aromatic carbocycles. The first-order chi connectivity index (χ1) is 15.6. The third kappa shape index (κ3) is 6.91. The third-order valence-corrected chi connectivity index (χ3v) is 4.69. The van der Waals surface area contributed by atoms with E-state index in [4.69, 9.17) is 18.9 Å². The summed E-state index contributed by atoms with van der Waals surface area (Å²) in [4.78, 5) is 24.3. The van der Waals surface area contributed by atoms with Crippen LogP contribution in [-0.4, -0.2) is 44.3 Å². The topological polar surface area (TPSA) is 91.3 Å². The number of carbonyl (C=O) groups excluding carboxylic acids is 2. The zero-order valence-corrected chi connectivity index (χ0v) is 19.9. The molecule has 0 spiro atoms. The fraction of sp³-hybridized carbons (Fsp3) is 0.385. The zero-order chi connectivity index (χ0) is 24.6. The van der Waals surface area contributed by atoms with Gasteiger partial charge < -0.3 is 24.1 Å². The van der Waals surface area contributed by atoms with Crippen LogP contribution >= 0.6 is 0 Å². The van der Waals surface area contributed by atoms with Gasteiger partial charge in [0, 0.05) is 12.0 Å². The Morgan fingerprint density at radius 2 is 1.58 bits per heavy atom. The summed E-state index contributed by atoms with van der Waals surface area (Å²) >= 11 is 0. The minimum absolute atomic E-state index is 0.0504. The van der Waals surface area contributed by atoms with Crippen LogP contribution in [0.1, 0.15) is 53.5 Å². The number of ether oxygens (including phenoxy) is 4. The van der Waals surface area contributed by atoms with Gasteiger partial charge >= 0.3 is 5.97 Å². The minimum Gasteiger partial charge on any atom is -0.507 e. The lowest BCUT2D eigenvalue weighted by Crippen LogP contribution is -2.13. The molecule has 0 atom stereocenters. The number of phenolic OH excluding ortho intramolecular Hbond substituents is 1. The Balaban J connectivity index is 1.98. The highest BCUT2D eigenvalue weighted by Crippen LogP contribution is 2.33. The molecule has 2 aromatic rings. The Labute approximate surface area is 194 Å². The second kappa shape index (κ2) is 11.3. The molecule has 7 heteroatoms. The van der Waals surface area contributed by atoms with E-state index in [2.05, 4.69) is 11.8 Å². The van der Waals surface area contributed by atoms with Gasteiger partial charge in [0.15, 0.2) is 17.3 Å². The second-order valence-electron chi connectivity index (χ2n) is 8.50. The summed E-state index contributed by atoms with van der Waals surface area (Å²) < 4.78 is 21.2. The van der Waals surface area contributed by atoms with Crippen LogP contribution in [0.15, 0.2) is 30.3 Å². The molecule has 0 bridgehead atoms. The standard InChI is InChI=1S/C26H30O7/c1-17-21(13-12-18(23(17)28)20(27)16-26(2,3)4)32-14-7-8-15-33-22-11-9-10-19(24(22)30-5)25(29)31-6/h9-13,28H,14-16H2,1-6H3. The number of esters is 1. The highest BCUT2D eigenvalue weighted by Gasteiger charge is 2.21. The van der Waals surface area contributed by atoms with Gasteiger partial charge in [0.2, 0.25) is 0 Å². The Morgan fingerprint density at radius 1 is 0.939 bits per heavy atom. The number of aromatic hydroxyl groups is 1. The van der Waals surface area contributed by atoms with Crippen LogP contribution in [0.2, 0.25) is 0 Å². The van der Waals surface area contributed by atoms with Crippen molar-refractivity contribution in [2.75, 3.05) is 27.4 Å². The molecule has 0 saturated carbocycles. The molecule has 176 valence electrons. The van der Waals surface area contributed by atoms with E-state index in [1.54, 1.807) is 37.3 Å². The van der Waals surface area contributed by atoms with Gasteiger partial charge in [-0.05, 0) is 36.6 Å². The number of ketones is 1. The molecular formula is C26H30O7. The average molecular weight is 455 g/mol.